The van der Waals surface area contributed by atoms with Crippen molar-refractivity contribution in [2.45, 2.75) is 6.54 Å². The Hall–Kier alpha value is -3.76. The third-order valence-corrected chi connectivity index (χ3v) is 6.50. The van der Waals surface area contributed by atoms with E-state index in [2.05, 4.69) is 21.2 Å². The number of hydrogen-bond acceptors (Lipinski definition) is 5. The molecule has 1 aromatic heterocycles. The number of amides is 5. The average molecular weight is 537 g/mol. The monoisotopic (exact) mass is 536 g/mol. The van der Waals surface area contributed by atoms with Crippen LogP contribution in [0.4, 0.5) is 10.5 Å². The van der Waals surface area contributed by atoms with Gasteiger partial charge in [-0.15, -0.1) is 0 Å². The first-order valence-electron chi connectivity index (χ1n) is 11.0. The molecule has 5 amide bonds. The molecule has 10 heteroatoms. The van der Waals surface area contributed by atoms with Crippen LogP contribution in [0, 0.1) is 0 Å². The summed E-state index contributed by atoms with van der Waals surface area (Å²) in [5.74, 6) is -1.52. The Kier molecular flexibility index (Phi) is 6.23. The van der Waals surface area contributed by atoms with Gasteiger partial charge in [-0.2, -0.15) is 0 Å². The highest BCUT2D eigenvalue weighted by Gasteiger charge is 2.37. The van der Waals surface area contributed by atoms with E-state index >= 15 is 0 Å². The fourth-order valence-electron chi connectivity index (χ4n) is 4.22. The van der Waals surface area contributed by atoms with E-state index in [0.717, 1.165) is 20.3 Å². The minimum Gasteiger partial charge on any atom is -0.378 e. The van der Waals surface area contributed by atoms with Crippen molar-refractivity contribution in [3.8, 4) is 0 Å². The topological polar surface area (TPSA) is 101 Å². The Balaban J connectivity index is 1.50. The molecule has 1 N–H and O–H groups in total. The number of halogens is 1. The van der Waals surface area contributed by atoms with Crippen molar-refractivity contribution in [2.75, 3.05) is 31.2 Å². The summed E-state index contributed by atoms with van der Waals surface area (Å²) < 4.78 is 7.92. The van der Waals surface area contributed by atoms with Crippen LogP contribution in [0.25, 0.3) is 17.0 Å². The molecule has 2 saturated heterocycles. The number of ether oxygens (including phenoxy) is 1. The SMILES string of the molecule is O=C1NC(=O)N(c2ccc(Br)cc2)C(=O)/C1=C/c1cn(CC(=O)N2CCOCC2)c2ccccc12. The molecular formula is C25H21BrN4O5. The molecule has 0 aliphatic carbocycles. The van der Waals surface area contributed by atoms with Crippen molar-refractivity contribution < 1.29 is 23.9 Å². The van der Waals surface area contributed by atoms with Gasteiger partial charge in [0.2, 0.25) is 5.91 Å². The molecule has 0 atom stereocenters. The highest BCUT2D eigenvalue weighted by atomic mass is 79.9. The number of para-hydroxylation sites is 1. The van der Waals surface area contributed by atoms with Gasteiger partial charge in [0.15, 0.2) is 0 Å². The quantitative estimate of drug-likeness (QED) is 0.408. The molecule has 5 rings (SSSR count). The summed E-state index contributed by atoms with van der Waals surface area (Å²) in [5.41, 5.74) is 1.56. The van der Waals surface area contributed by atoms with Gasteiger partial charge in [-0.05, 0) is 36.4 Å². The maximum absolute atomic E-state index is 13.2. The third kappa shape index (κ3) is 4.50. The summed E-state index contributed by atoms with van der Waals surface area (Å²) in [6.07, 6.45) is 3.21. The Morgan fingerprint density at radius 1 is 1.03 bits per heavy atom. The molecule has 2 fully saturated rings. The van der Waals surface area contributed by atoms with Crippen LogP contribution in [0.3, 0.4) is 0 Å². The lowest BCUT2D eigenvalue weighted by Crippen LogP contribution is -2.54. The molecule has 2 aliphatic rings. The predicted octanol–water partition coefficient (Wildman–Crippen LogP) is 2.93. The van der Waals surface area contributed by atoms with E-state index in [0.29, 0.717) is 37.6 Å². The van der Waals surface area contributed by atoms with Crippen molar-refractivity contribution in [3.63, 3.8) is 0 Å². The van der Waals surface area contributed by atoms with Crippen molar-refractivity contribution in [3.05, 3.63) is 70.3 Å². The molecular weight excluding hydrogens is 516 g/mol. The van der Waals surface area contributed by atoms with Crippen molar-refractivity contribution in [1.82, 2.24) is 14.8 Å². The van der Waals surface area contributed by atoms with E-state index < -0.39 is 17.8 Å². The molecule has 178 valence electrons. The Labute approximate surface area is 209 Å². The van der Waals surface area contributed by atoms with E-state index in [-0.39, 0.29) is 18.0 Å². The lowest BCUT2D eigenvalue weighted by atomic mass is 10.1. The first-order valence-corrected chi connectivity index (χ1v) is 11.8. The highest BCUT2D eigenvalue weighted by Crippen LogP contribution is 2.27. The number of carbonyl (C=O) groups excluding carboxylic acids is 4. The van der Waals surface area contributed by atoms with Gasteiger partial charge in [-0.3, -0.25) is 19.7 Å². The fourth-order valence-corrected chi connectivity index (χ4v) is 4.48. The molecule has 0 spiro atoms. The van der Waals surface area contributed by atoms with Gasteiger partial charge >= 0.3 is 6.03 Å². The lowest BCUT2D eigenvalue weighted by molar-refractivity contribution is -0.135. The minimum atomic E-state index is -0.807. The van der Waals surface area contributed by atoms with Crippen LogP contribution >= 0.6 is 15.9 Å². The molecule has 0 radical (unpaired) electrons. The summed E-state index contributed by atoms with van der Waals surface area (Å²) in [4.78, 5) is 53.9. The number of aromatic nitrogens is 1. The van der Waals surface area contributed by atoms with E-state index in [9.17, 15) is 19.2 Å². The summed E-state index contributed by atoms with van der Waals surface area (Å²) in [7, 11) is 0. The van der Waals surface area contributed by atoms with E-state index in [1.807, 2.05) is 28.8 Å². The first kappa shape index (κ1) is 23.0. The number of nitrogens with zero attached hydrogens (tertiary/aromatic N) is 3. The summed E-state index contributed by atoms with van der Waals surface area (Å²) in [5, 5.41) is 3.02. The second-order valence-corrected chi connectivity index (χ2v) is 9.07. The molecule has 0 bridgehead atoms. The number of urea groups is 1. The normalized spacial score (nSPS) is 17.9. The first-order chi connectivity index (χ1) is 16.9. The van der Waals surface area contributed by atoms with Crippen LogP contribution in [-0.4, -0.2) is 59.5 Å². The number of carbonyl (C=O) groups is 4. The Bertz CT molecular complexity index is 1370. The summed E-state index contributed by atoms with van der Waals surface area (Å²) in [6, 6.07) is 13.3. The van der Waals surface area contributed by atoms with Crippen molar-refractivity contribution in [2.24, 2.45) is 0 Å². The zero-order valence-electron chi connectivity index (χ0n) is 18.6. The van der Waals surface area contributed by atoms with Crippen molar-refractivity contribution in [1.29, 1.82) is 0 Å². The van der Waals surface area contributed by atoms with Gasteiger partial charge in [0.05, 0.1) is 18.9 Å². The van der Waals surface area contributed by atoms with Crippen LogP contribution in [0.2, 0.25) is 0 Å². The van der Waals surface area contributed by atoms with Gasteiger partial charge in [-0.25, -0.2) is 9.69 Å². The smallest absolute Gasteiger partial charge is 0.335 e. The second kappa shape index (κ2) is 9.47. The van der Waals surface area contributed by atoms with Crippen molar-refractivity contribution >= 4 is 62.3 Å². The number of morpholine rings is 1. The largest absolute Gasteiger partial charge is 0.378 e. The molecule has 0 unspecified atom stereocenters. The number of rotatable bonds is 4. The van der Waals surface area contributed by atoms with E-state index in [1.54, 1.807) is 35.4 Å². The van der Waals surface area contributed by atoms with Gasteiger partial charge in [0, 0.05) is 40.2 Å². The third-order valence-electron chi connectivity index (χ3n) is 5.98. The number of nitrogens with one attached hydrogen (secondary N) is 1. The lowest BCUT2D eigenvalue weighted by Gasteiger charge is -2.27. The number of imide groups is 2. The molecule has 3 aromatic rings. The number of anilines is 1. The van der Waals surface area contributed by atoms with Gasteiger partial charge in [0.1, 0.15) is 12.1 Å². The molecule has 2 aromatic carbocycles. The van der Waals surface area contributed by atoms with Crippen LogP contribution in [0.15, 0.2) is 64.8 Å². The van der Waals surface area contributed by atoms with Gasteiger partial charge < -0.3 is 14.2 Å². The van der Waals surface area contributed by atoms with Crippen LogP contribution < -0.4 is 10.2 Å². The fraction of sp³-hybridized carbons (Fsp3) is 0.200. The Morgan fingerprint density at radius 3 is 2.49 bits per heavy atom. The predicted molar refractivity (Wildman–Crippen MR) is 132 cm³/mol. The molecule has 0 saturated carbocycles. The van der Waals surface area contributed by atoms with Crippen LogP contribution in [-0.2, 0) is 25.7 Å². The van der Waals surface area contributed by atoms with Crippen LogP contribution in [0.1, 0.15) is 5.56 Å². The molecule has 2 aliphatic heterocycles. The van der Waals surface area contributed by atoms with Gasteiger partial charge in [-0.1, -0.05) is 34.1 Å². The number of barbiturate groups is 1. The second-order valence-electron chi connectivity index (χ2n) is 8.16. The maximum Gasteiger partial charge on any atom is 0.335 e. The number of hydrogen-bond donors (Lipinski definition) is 1. The maximum atomic E-state index is 13.2. The highest BCUT2D eigenvalue weighted by molar-refractivity contribution is 9.10. The van der Waals surface area contributed by atoms with Gasteiger partial charge in [0.25, 0.3) is 11.8 Å². The summed E-state index contributed by atoms with van der Waals surface area (Å²) >= 11 is 3.33. The molecule has 3 heterocycles. The summed E-state index contributed by atoms with van der Waals surface area (Å²) in [6.45, 7) is 2.24. The average Bonchev–Trinajstić information content (AvgIpc) is 3.20. The number of fused-ring (bicyclic) bond motifs is 1. The minimum absolute atomic E-state index is 0.0354. The standard InChI is InChI=1S/C25H21BrN4O5/c26-17-5-7-18(8-6-17)30-24(33)20(23(32)27-25(30)34)13-16-14-29(21-4-2-1-3-19(16)21)15-22(31)28-9-11-35-12-10-28/h1-8,13-14H,9-12,15H2,(H,27,32,34)/b20-13+. The van der Waals surface area contributed by atoms with Crippen LogP contribution in [0.5, 0.6) is 0 Å². The van der Waals surface area contributed by atoms with E-state index in [4.69, 9.17) is 4.74 Å². The number of benzene rings is 2. The van der Waals surface area contributed by atoms with E-state index in [1.165, 1.54) is 6.08 Å². The molecule has 9 nitrogen and oxygen atoms in total. The zero-order valence-corrected chi connectivity index (χ0v) is 20.2. The zero-order chi connectivity index (χ0) is 24.5. The Morgan fingerprint density at radius 2 is 1.74 bits per heavy atom. The molecule has 35 heavy (non-hydrogen) atoms.